The van der Waals surface area contributed by atoms with Crippen LogP contribution in [0.4, 0.5) is 5.82 Å². The highest BCUT2D eigenvalue weighted by atomic mass is 32.2. The van der Waals surface area contributed by atoms with Crippen molar-refractivity contribution in [3.05, 3.63) is 11.9 Å². The molecule has 0 saturated carbocycles. The van der Waals surface area contributed by atoms with E-state index < -0.39 is 0 Å². The molecule has 0 aliphatic carbocycles. The van der Waals surface area contributed by atoms with Gasteiger partial charge in [-0.3, -0.25) is 0 Å². The molecule has 6 heteroatoms. The second-order valence-corrected chi connectivity index (χ2v) is 3.55. The topological polar surface area (TPSA) is 77.6 Å². The Balaban J connectivity index is 2.76. The molecule has 0 atom stereocenters. The molecule has 0 aliphatic rings. The molecule has 2 heterocycles. The maximum Gasteiger partial charge on any atom is 0.191 e. The van der Waals surface area contributed by atoms with E-state index in [-0.39, 0.29) is 0 Å². The molecule has 5 nitrogen and oxygen atoms in total. The minimum Gasteiger partial charge on any atom is -0.382 e. The van der Waals surface area contributed by atoms with Gasteiger partial charge in [0.1, 0.15) is 0 Å². The van der Waals surface area contributed by atoms with Crippen molar-refractivity contribution < 1.29 is 0 Å². The molecule has 0 fully saturated rings. The molecule has 0 spiro atoms. The molecule has 2 aromatic rings. The van der Waals surface area contributed by atoms with Gasteiger partial charge in [0.05, 0.1) is 11.9 Å². The van der Waals surface area contributed by atoms with Crippen LogP contribution >= 0.6 is 11.8 Å². The van der Waals surface area contributed by atoms with Gasteiger partial charge in [0.2, 0.25) is 0 Å². The summed E-state index contributed by atoms with van der Waals surface area (Å²) < 4.78 is 0. The Morgan fingerprint density at radius 3 is 2.79 bits per heavy atom. The van der Waals surface area contributed by atoms with E-state index >= 15 is 0 Å². The fourth-order valence-corrected chi connectivity index (χ4v) is 1.45. The van der Waals surface area contributed by atoms with Crippen LogP contribution in [-0.2, 0) is 0 Å². The van der Waals surface area contributed by atoms with Crippen LogP contribution in [0.15, 0.2) is 11.4 Å². The van der Waals surface area contributed by atoms with Gasteiger partial charge in [-0.25, -0.2) is 19.9 Å². The highest BCUT2D eigenvalue weighted by molar-refractivity contribution is 7.98. The monoisotopic (exact) mass is 207 g/mol. The van der Waals surface area contributed by atoms with Crippen molar-refractivity contribution in [3.63, 3.8) is 0 Å². The lowest BCUT2D eigenvalue weighted by atomic mass is 10.4. The number of hydrogen-bond donors (Lipinski definition) is 1. The Labute approximate surface area is 85.2 Å². The second kappa shape index (κ2) is 3.38. The summed E-state index contributed by atoms with van der Waals surface area (Å²) in [4.78, 5) is 16.7. The summed E-state index contributed by atoms with van der Waals surface area (Å²) in [6.07, 6.45) is 3.56. The van der Waals surface area contributed by atoms with Crippen LogP contribution in [0.3, 0.4) is 0 Å². The zero-order valence-corrected chi connectivity index (χ0v) is 8.67. The molecule has 0 aliphatic heterocycles. The van der Waals surface area contributed by atoms with E-state index in [0.29, 0.717) is 22.1 Å². The van der Waals surface area contributed by atoms with Crippen molar-refractivity contribution in [2.75, 3.05) is 12.0 Å². The molecule has 0 unspecified atom stereocenters. The number of rotatable bonds is 1. The average molecular weight is 207 g/mol. The predicted molar refractivity (Wildman–Crippen MR) is 56.1 cm³/mol. The van der Waals surface area contributed by atoms with Gasteiger partial charge in [-0.15, -0.1) is 0 Å². The highest BCUT2D eigenvalue weighted by Gasteiger charge is 2.06. The largest absolute Gasteiger partial charge is 0.382 e. The van der Waals surface area contributed by atoms with Crippen LogP contribution < -0.4 is 5.73 Å². The van der Waals surface area contributed by atoms with Gasteiger partial charge in [-0.2, -0.15) is 0 Å². The second-order valence-electron chi connectivity index (χ2n) is 2.78. The number of nitrogens with zero attached hydrogens (tertiary/aromatic N) is 4. The first kappa shape index (κ1) is 9.14. The van der Waals surface area contributed by atoms with Crippen LogP contribution in [-0.4, -0.2) is 26.2 Å². The highest BCUT2D eigenvalue weighted by Crippen LogP contribution is 2.17. The van der Waals surface area contributed by atoms with E-state index in [0.717, 1.165) is 5.69 Å². The maximum absolute atomic E-state index is 5.73. The molecule has 0 amide bonds. The molecular formula is C8H9N5S. The Bertz CT molecular complexity index is 484. The summed E-state index contributed by atoms with van der Waals surface area (Å²) >= 11 is 1.43. The minimum atomic E-state index is 0.385. The molecule has 0 aromatic carbocycles. The van der Waals surface area contributed by atoms with Crippen LogP contribution in [0.5, 0.6) is 0 Å². The van der Waals surface area contributed by atoms with Gasteiger partial charge < -0.3 is 5.73 Å². The third-order valence-corrected chi connectivity index (χ3v) is 2.26. The summed E-state index contributed by atoms with van der Waals surface area (Å²) in [5.41, 5.74) is 7.67. The van der Waals surface area contributed by atoms with Crippen molar-refractivity contribution in [2.45, 2.75) is 12.1 Å². The van der Waals surface area contributed by atoms with E-state index in [4.69, 9.17) is 5.73 Å². The molecule has 2 aromatic heterocycles. The summed E-state index contributed by atoms with van der Waals surface area (Å²) in [6, 6.07) is 0. The summed E-state index contributed by atoms with van der Waals surface area (Å²) in [7, 11) is 0. The van der Waals surface area contributed by atoms with Crippen LogP contribution in [0.25, 0.3) is 11.2 Å². The number of hydrogen-bond acceptors (Lipinski definition) is 6. The van der Waals surface area contributed by atoms with Crippen molar-refractivity contribution in [1.82, 2.24) is 19.9 Å². The van der Waals surface area contributed by atoms with E-state index in [2.05, 4.69) is 19.9 Å². The third-order valence-electron chi connectivity index (χ3n) is 1.72. The minimum absolute atomic E-state index is 0.385. The molecule has 2 rings (SSSR count). The van der Waals surface area contributed by atoms with E-state index in [1.165, 1.54) is 11.8 Å². The summed E-state index contributed by atoms with van der Waals surface area (Å²) in [5.74, 6) is 0.385. The van der Waals surface area contributed by atoms with Crippen molar-refractivity contribution in [3.8, 4) is 0 Å². The van der Waals surface area contributed by atoms with Gasteiger partial charge in [0.15, 0.2) is 22.1 Å². The maximum atomic E-state index is 5.73. The summed E-state index contributed by atoms with van der Waals surface area (Å²) in [6.45, 7) is 1.86. The van der Waals surface area contributed by atoms with E-state index in [1.807, 2.05) is 13.2 Å². The predicted octanol–water partition coefficient (Wildman–Crippen LogP) is 1.03. The zero-order valence-electron chi connectivity index (χ0n) is 7.85. The number of nitrogens with two attached hydrogens (primary N) is 1. The van der Waals surface area contributed by atoms with Crippen LogP contribution in [0.2, 0.25) is 0 Å². The molecule has 0 saturated heterocycles. The Morgan fingerprint density at radius 1 is 1.29 bits per heavy atom. The lowest BCUT2D eigenvalue weighted by Gasteiger charge is -2.01. The fraction of sp³-hybridized carbons (Fsp3) is 0.250. The number of aromatic nitrogens is 4. The number of nitrogen functional groups attached to an aromatic ring is 1. The Morgan fingerprint density at radius 2 is 2.07 bits per heavy atom. The first-order valence-corrected chi connectivity index (χ1v) is 5.24. The SMILES string of the molecule is CSc1nc(N)c2nc(C)cnc2n1. The normalized spacial score (nSPS) is 10.7. The van der Waals surface area contributed by atoms with Crippen LogP contribution in [0, 0.1) is 6.92 Å². The average Bonchev–Trinajstić information content (AvgIpc) is 2.19. The van der Waals surface area contributed by atoms with Gasteiger partial charge in [0, 0.05) is 0 Å². The molecular weight excluding hydrogens is 198 g/mol. The van der Waals surface area contributed by atoms with E-state index in [1.54, 1.807) is 6.20 Å². The Hall–Kier alpha value is -1.43. The number of fused-ring (bicyclic) bond motifs is 1. The Kier molecular flexibility index (Phi) is 2.20. The number of anilines is 1. The van der Waals surface area contributed by atoms with Gasteiger partial charge in [-0.1, -0.05) is 11.8 Å². The molecule has 0 radical (unpaired) electrons. The quantitative estimate of drug-likeness (QED) is 0.556. The lowest BCUT2D eigenvalue weighted by Crippen LogP contribution is -2.00. The molecule has 14 heavy (non-hydrogen) atoms. The fourth-order valence-electron chi connectivity index (χ4n) is 1.09. The zero-order chi connectivity index (χ0) is 10.1. The molecule has 0 bridgehead atoms. The summed E-state index contributed by atoms with van der Waals surface area (Å²) in [5, 5.41) is 0.619. The van der Waals surface area contributed by atoms with Gasteiger partial charge in [0.25, 0.3) is 0 Å². The molecule has 72 valence electrons. The smallest absolute Gasteiger partial charge is 0.191 e. The molecule has 2 N–H and O–H groups in total. The van der Waals surface area contributed by atoms with Crippen molar-refractivity contribution in [2.24, 2.45) is 0 Å². The van der Waals surface area contributed by atoms with Crippen molar-refractivity contribution >= 4 is 28.7 Å². The number of thioether (sulfide) groups is 1. The first-order chi connectivity index (χ1) is 6.70. The first-order valence-electron chi connectivity index (χ1n) is 4.01. The van der Waals surface area contributed by atoms with Crippen molar-refractivity contribution in [1.29, 1.82) is 0 Å². The standard InChI is InChI=1S/C8H9N5S/c1-4-3-10-7-5(11-4)6(9)12-8(13-7)14-2/h3H,1-2H3,(H2,9,10,12,13). The third kappa shape index (κ3) is 1.48. The van der Waals surface area contributed by atoms with Gasteiger partial charge in [-0.05, 0) is 13.2 Å². The van der Waals surface area contributed by atoms with E-state index in [9.17, 15) is 0 Å². The lowest BCUT2D eigenvalue weighted by molar-refractivity contribution is 0.984. The van der Waals surface area contributed by atoms with Gasteiger partial charge >= 0.3 is 0 Å². The van der Waals surface area contributed by atoms with Crippen LogP contribution in [0.1, 0.15) is 5.69 Å². The number of aryl methyl sites for hydroxylation is 1.